The SMILES string of the molecule is CC/C=C\C/C=C\C/C=C\C/C=C\C/C=C\C/C=C\C/C=C\C/C=C\C/C=C\C/C=C\C/C=C\C/C=C\CCCCCCC(=O)OC(COC(=O)CCCCCCCCCCCCCCCCCCCCCCCCCCC/C=C\C/C=C\C/C=C\C/C=C\C/C=C\CC)COC(OCC[N+](C)(C)C)C(=O)O. The number of carboxylic acids is 1. The number of ether oxygens (including phenoxy) is 4. The molecule has 0 saturated carbocycles. The molecule has 2 unspecified atom stereocenters. The largest absolute Gasteiger partial charge is 0.477 e. The number of carbonyl (C=O) groups is 3. The third kappa shape index (κ3) is 87.0. The van der Waals surface area contributed by atoms with Crippen molar-refractivity contribution < 1.29 is 42.9 Å². The molecule has 0 aliphatic heterocycles. The van der Waals surface area contributed by atoms with Crippen LogP contribution >= 0.6 is 0 Å². The van der Waals surface area contributed by atoms with Crippen LogP contribution in [0.5, 0.6) is 0 Å². The fraction of sp³-hybridized carbons (Fsp3) is 0.622. The monoisotopic (exact) mass is 1480 g/mol. The summed E-state index contributed by atoms with van der Waals surface area (Å²) in [6.07, 6.45) is 130. The van der Waals surface area contributed by atoms with E-state index < -0.39 is 24.3 Å². The van der Waals surface area contributed by atoms with E-state index in [0.717, 1.165) is 154 Å². The van der Waals surface area contributed by atoms with Crippen molar-refractivity contribution in [3.8, 4) is 0 Å². The van der Waals surface area contributed by atoms with Gasteiger partial charge in [-0.25, -0.2) is 4.79 Å². The summed E-state index contributed by atoms with van der Waals surface area (Å²) in [7, 11) is 5.97. The number of allylic oxidation sites excluding steroid dienone is 34. The molecular weight excluding hydrogens is 1320 g/mol. The number of quaternary nitrogens is 1. The van der Waals surface area contributed by atoms with Gasteiger partial charge < -0.3 is 28.5 Å². The minimum absolute atomic E-state index is 0.174. The molecule has 0 amide bonds. The molecule has 0 bridgehead atoms. The lowest BCUT2D eigenvalue weighted by Gasteiger charge is -2.25. The zero-order valence-electron chi connectivity index (χ0n) is 69.2. The van der Waals surface area contributed by atoms with Crippen molar-refractivity contribution >= 4 is 17.9 Å². The summed E-state index contributed by atoms with van der Waals surface area (Å²) in [5.41, 5.74) is 0. The first-order chi connectivity index (χ1) is 52.6. The molecule has 107 heavy (non-hydrogen) atoms. The third-order valence-corrected chi connectivity index (χ3v) is 18.0. The van der Waals surface area contributed by atoms with Gasteiger partial charge in [0.25, 0.3) is 6.29 Å². The number of unbranched alkanes of at least 4 members (excludes halogenated alkanes) is 29. The molecule has 0 aliphatic carbocycles. The van der Waals surface area contributed by atoms with Crippen molar-refractivity contribution in [1.82, 2.24) is 0 Å². The number of carboxylic acid groups (broad SMARTS) is 1. The normalized spacial score (nSPS) is 13.7. The first-order valence-corrected chi connectivity index (χ1v) is 43.2. The summed E-state index contributed by atoms with van der Waals surface area (Å²) >= 11 is 0. The Morgan fingerprint density at radius 2 is 0.505 bits per heavy atom. The molecule has 0 aromatic heterocycles. The molecule has 0 fully saturated rings. The van der Waals surface area contributed by atoms with E-state index in [1.807, 2.05) is 21.1 Å². The first-order valence-electron chi connectivity index (χ1n) is 43.2. The van der Waals surface area contributed by atoms with E-state index in [9.17, 15) is 19.5 Å². The smallest absolute Gasteiger partial charge is 0.361 e. The van der Waals surface area contributed by atoms with Crippen LogP contribution in [0.2, 0.25) is 0 Å². The number of aliphatic carboxylic acids is 1. The van der Waals surface area contributed by atoms with Crippen LogP contribution in [0, 0.1) is 0 Å². The van der Waals surface area contributed by atoms with Crippen molar-refractivity contribution in [3.05, 3.63) is 207 Å². The van der Waals surface area contributed by atoms with Crippen molar-refractivity contribution in [3.63, 3.8) is 0 Å². The maximum atomic E-state index is 13.0. The first kappa shape index (κ1) is 101. The van der Waals surface area contributed by atoms with Crippen molar-refractivity contribution in [2.24, 2.45) is 0 Å². The maximum absolute atomic E-state index is 13.0. The molecule has 1 N–H and O–H groups in total. The standard InChI is InChI=1S/C98H159NO8/c1-6-8-10-12-14-16-18-20-22-24-26-28-30-32-34-36-38-40-42-44-46-48-50-52-54-56-58-60-62-64-66-68-70-72-74-76-78-80-82-84-86-88-95(100)105-92-94(93-106-98(97(102)103)104-91-90-99(3,4)5)107-96(101)89-87-85-83-81-79-77-75-73-71-69-67-65-63-61-59-57-55-53-51-49-47-45-43-41-39-37-35-33-31-29-27-25-23-21-19-17-15-13-11-9-7-2/h8-11,14-17,20-23,26-29,32-35,39,41,45,47,51,53,57,59,63,65,69,71,75,77,94,98H,6-7,12-13,18-19,24-25,30-31,36-38,40,42-44,46,48-50,52,54-56,58,60-62,64,66-68,70,72-74,76,78-93H2,1-5H3/p+1/b10-8-,11-9-,16-14-,17-15-,22-20-,23-21-,28-26-,29-27-,34-32-,35-33-,41-39-,47-45-,53-51-,59-57-,65-63-,71-69-,77-75-. The van der Waals surface area contributed by atoms with Crippen LogP contribution in [-0.4, -0.2) is 87.4 Å². The Labute approximate surface area is 658 Å². The quantitative estimate of drug-likeness (QED) is 0.0211. The molecule has 604 valence electrons. The number of likely N-dealkylation sites (N-methyl/N-ethyl adjacent to an activating group) is 1. The van der Waals surface area contributed by atoms with Crippen LogP contribution in [0.25, 0.3) is 0 Å². The fourth-order valence-corrected chi connectivity index (χ4v) is 11.6. The Balaban J connectivity index is 4.08. The lowest BCUT2D eigenvalue weighted by atomic mass is 10.0. The minimum atomic E-state index is -1.53. The second-order valence-corrected chi connectivity index (χ2v) is 29.4. The van der Waals surface area contributed by atoms with E-state index in [1.54, 1.807) is 0 Å². The second kappa shape index (κ2) is 85.5. The number of esters is 2. The zero-order chi connectivity index (χ0) is 77.4. The second-order valence-electron chi connectivity index (χ2n) is 29.4. The maximum Gasteiger partial charge on any atom is 0.361 e. The predicted molar refractivity (Wildman–Crippen MR) is 465 cm³/mol. The van der Waals surface area contributed by atoms with Crippen molar-refractivity contribution in [2.45, 2.75) is 347 Å². The van der Waals surface area contributed by atoms with E-state index in [-0.39, 0.29) is 38.6 Å². The molecule has 0 heterocycles. The average molecular weight is 1480 g/mol. The molecule has 0 spiro atoms. The Morgan fingerprint density at radius 1 is 0.280 bits per heavy atom. The topological polar surface area (TPSA) is 108 Å². The van der Waals surface area contributed by atoms with E-state index in [2.05, 4.69) is 220 Å². The van der Waals surface area contributed by atoms with E-state index in [4.69, 9.17) is 18.9 Å². The van der Waals surface area contributed by atoms with Gasteiger partial charge in [0.1, 0.15) is 13.2 Å². The molecule has 0 aliphatic rings. The summed E-state index contributed by atoms with van der Waals surface area (Å²) in [4.78, 5) is 37.8. The van der Waals surface area contributed by atoms with Gasteiger partial charge in [-0.1, -0.05) is 381 Å². The van der Waals surface area contributed by atoms with Crippen molar-refractivity contribution in [1.29, 1.82) is 0 Å². The summed E-state index contributed by atoms with van der Waals surface area (Å²) in [6, 6.07) is 0. The minimum Gasteiger partial charge on any atom is -0.477 e. The molecule has 9 nitrogen and oxygen atoms in total. The van der Waals surface area contributed by atoms with Crippen LogP contribution in [0.1, 0.15) is 335 Å². The van der Waals surface area contributed by atoms with Gasteiger partial charge in [-0.2, -0.15) is 0 Å². The van der Waals surface area contributed by atoms with Crippen LogP contribution < -0.4 is 0 Å². The molecule has 0 aromatic rings. The zero-order valence-corrected chi connectivity index (χ0v) is 69.2. The number of hydrogen-bond acceptors (Lipinski definition) is 7. The predicted octanol–water partition coefficient (Wildman–Crippen LogP) is 28.6. The number of rotatable bonds is 78. The summed E-state index contributed by atoms with van der Waals surface area (Å²) < 4.78 is 23.0. The summed E-state index contributed by atoms with van der Waals surface area (Å²) in [5.74, 6) is -2.04. The van der Waals surface area contributed by atoms with E-state index >= 15 is 0 Å². The van der Waals surface area contributed by atoms with Gasteiger partial charge >= 0.3 is 17.9 Å². The highest BCUT2D eigenvalue weighted by molar-refractivity contribution is 5.71. The molecule has 0 radical (unpaired) electrons. The molecule has 0 aromatic carbocycles. The Kier molecular flexibility index (Phi) is 80.6. The highest BCUT2D eigenvalue weighted by atomic mass is 16.7. The summed E-state index contributed by atoms with van der Waals surface area (Å²) in [5, 5.41) is 9.79. The Bertz CT molecular complexity index is 2530. The third-order valence-electron chi connectivity index (χ3n) is 18.0. The van der Waals surface area contributed by atoms with Crippen LogP contribution in [0.15, 0.2) is 207 Å². The lowest BCUT2D eigenvalue weighted by molar-refractivity contribution is -0.870. The van der Waals surface area contributed by atoms with E-state index in [0.29, 0.717) is 17.4 Å². The van der Waals surface area contributed by atoms with Gasteiger partial charge in [0, 0.05) is 12.8 Å². The highest BCUT2D eigenvalue weighted by Gasteiger charge is 2.25. The highest BCUT2D eigenvalue weighted by Crippen LogP contribution is 2.18. The Morgan fingerprint density at radius 3 is 0.748 bits per heavy atom. The van der Waals surface area contributed by atoms with Gasteiger partial charge in [0.15, 0.2) is 6.10 Å². The van der Waals surface area contributed by atoms with Crippen LogP contribution in [-0.2, 0) is 33.3 Å². The van der Waals surface area contributed by atoms with Crippen molar-refractivity contribution in [2.75, 3.05) is 47.5 Å². The van der Waals surface area contributed by atoms with Gasteiger partial charge in [-0.3, -0.25) is 9.59 Å². The number of carbonyl (C=O) groups excluding carboxylic acids is 2. The molecule has 2 atom stereocenters. The molecule has 9 heteroatoms. The van der Waals surface area contributed by atoms with Gasteiger partial charge in [0.2, 0.25) is 0 Å². The van der Waals surface area contributed by atoms with E-state index in [1.165, 1.54) is 148 Å². The van der Waals surface area contributed by atoms with Crippen LogP contribution in [0.3, 0.4) is 0 Å². The average Bonchev–Trinajstić information content (AvgIpc) is 0.965. The van der Waals surface area contributed by atoms with Gasteiger partial charge in [-0.15, -0.1) is 0 Å². The molecular formula is C98H160NO8+. The van der Waals surface area contributed by atoms with Gasteiger partial charge in [-0.05, 0) is 148 Å². The number of nitrogens with zero attached hydrogens (tertiary/aromatic N) is 1. The number of hydrogen-bond donors (Lipinski definition) is 1. The van der Waals surface area contributed by atoms with Crippen LogP contribution in [0.4, 0.5) is 0 Å². The van der Waals surface area contributed by atoms with Gasteiger partial charge in [0.05, 0.1) is 34.4 Å². The molecule has 0 saturated heterocycles. The lowest BCUT2D eigenvalue weighted by Crippen LogP contribution is -2.40. The Hall–Kier alpha value is -6.13. The fourth-order valence-electron chi connectivity index (χ4n) is 11.6. The summed E-state index contributed by atoms with van der Waals surface area (Å²) in [6.45, 7) is 4.62. The molecule has 0 rings (SSSR count).